The first kappa shape index (κ1) is 11.1. The van der Waals surface area contributed by atoms with Crippen LogP contribution in [0.15, 0.2) is 24.3 Å². The highest BCUT2D eigenvalue weighted by atomic mass is 19.4. The summed E-state index contributed by atoms with van der Waals surface area (Å²) >= 11 is 0. The molecule has 0 nitrogen and oxygen atoms in total. The van der Waals surface area contributed by atoms with Crippen molar-refractivity contribution in [2.45, 2.75) is 32.4 Å². The molecule has 0 aromatic heterocycles. The molecule has 1 rings (SSSR count). The first-order valence-corrected chi connectivity index (χ1v) is 4.39. The van der Waals surface area contributed by atoms with E-state index in [4.69, 9.17) is 0 Å². The summed E-state index contributed by atoms with van der Waals surface area (Å²) in [6.07, 6.45) is -4.25. The van der Waals surface area contributed by atoms with Crippen LogP contribution in [0.25, 0.3) is 0 Å². The van der Waals surface area contributed by atoms with E-state index in [-0.39, 0.29) is 5.41 Å². The fourth-order valence-electron chi connectivity index (χ4n) is 1.16. The molecular formula is C11H13F3. The molecule has 0 unspecified atom stereocenters. The maximum absolute atomic E-state index is 12.4. The van der Waals surface area contributed by atoms with Gasteiger partial charge < -0.3 is 0 Å². The van der Waals surface area contributed by atoms with Gasteiger partial charge >= 0.3 is 6.18 Å². The molecule has 3 heteroatoms. The van der Waals surface area contributed by atoms with Gasteiger partial charge in [-0.1, -0.05) is 39.0 Å². The lowest BCUT2D eigenvalue weighted by molar-refractivity contribution is -0.137. The Kier molecular flexibility index (Phi) is 2.61. The smallest absolute Gasteiger partial charge is 0.166 e. The predicted molar refractivity (Wildman–Crippen MR) is 50.1 cm³/mol. The van der Waals surface area contributed by atoms with Crippen LogP contribution in [-0.4, -0.2) is 0 Å². The van der Waals surface area contributed by atoms with Crippen LogP contribution in [0.1, 0.15) is 31.9 Å². The zero-order chi connectivity index (χ0) is 11.0. The number of rotatable bonds is 0. The zero-order valence-corrected chi connectivity index (χ0v) is 8.44. The second-order valence-corrected chi connectivity index (χ2v) is 4.33. The molecule has 0 saturated carbocycles. The van der Waals surface area contributed by atoms with Crippen molar-refractivity contribution >= 4 is 0 Å². The van der Waals surface area contributed by atoms with Crippen LogP contribution in [0, 0.1) is 0 Å². The monoisotopic (exact) mass is 202 g/mol. The fourth-order valence-corrected chi connectivity index (χ4v) is 1.16. The molecule has 0 radical (unpaired) electrons. The summed E-state index contributed by atoms with van der Waals surface area (Å²) in [5.74, 6) is 0. The second kappa shape index (κ2) is 3.30. The highest BCUT2D eigenvalue weighted by Crippen LogP contribution is 2.32. The first-order valence-electron chi connectivity index (χ1n) is 4.39. The molecule has 0 aliphatic heterocycles. The summed E-state index contributed by atoms with van der Waals surface area (Å²) in [6, 6.07) is 5.47. The molecule has 0 bridgehead atoms. The summed E-state index contributed by atoms with van der Waals surface area (Å²) in [5, 5.41) is 0. The van der Waals surface area contributed by atoms with Crippen molar-refractivity contribution in [1.82, 2.24) is 0 Å². The van der Waals surface area contributed by atoms with Crippen molar-refractivity contribution in [3.63, 3.8) is 0 Å². The van der Waals surface area contributed by atoms with Crippen molar-refractivity contribution in [3.05, 3.63) is 35.4 Å². The quantitative estimate of drug-likeness (QED) is 0.596. The van der Waals surface area contributed by atoms with Crippen LogP contribution < -0.4 is 0 Å². The van der Waals surface area contributed by atoms with E-state index in [1.165, 1.54) is 12.1 Å². The van der Waals surface area contributed by atoms with Crippen molar-refractivity contribution in [2.24, 2.45) is 0 Å². The molecule has 0 N–H and O–H groups in total. The van der Waals surface area contributed by atoms with Crippen LogP contribution in [0.4, 0.5) is 13.2 Å². The van der Waals surface area contributed by atoms with Gasteiger partial charge in [-0.05, 0) is 17.0 Å². The SMILES string of the molecule is CC(C)(C)c1cccc(C(F)(F)F)c1. The van der Waals surface area contributed by atoms with E-state index >= 15 is 0 Å². The Bertz CT molecular complexity index is 289. The third kappa shape index (κ3) is 2.50. The molecule has 0 heterocycles. The molecule has 0 amide bonds. The molecule has 0 aliphatic rings. The fraction of sp³-hybridized carbons (Fsp3) is 0.455. The Balaban J connectivity index is 3.15. The van der Waals surface area contributed by atoms with E-state index in [0.717, 1.165) is 6.07 Å². The molecule has 78 valence electrons. The molecule has 14 heavy (non-hydrogen) atoms. The minimum absolute atomic E-state index is 0.249. The third-order valence-electron chi connectivity index (χ3n) is 2.06. The highest BCUT2D eigenvalue weighted by Gasteiger charge is 2.31. The lowest BCUT2D eigenvalue weighted by atomic mass is 9.86. The van der Waals surface area contributed by atoms with Crippen molar-refractivity contribution in [2.75, 3.05) is 0 Å². The molecule has 0 atom stereocenters. The average molecular weight is 202 g/mol. The normalized spacial score (nSPS) is 13.0. The van der Waals surface area contributed by atoms with Crippen LogP contribution in [0.3, 0.4) is 0 Å². The Hall–Kier alpha value is -0.990. The molecule has 0 saturated heterocycles. The molecule has 0 aliphatic carbocycles. The van der Waals surface area contributed by atoms with Gasteiger partial charge in [0.2, 0.25) is 0 Å². The van der Waals surface area contributed by atoms with Gasteiger partial charge in [-0.3, -0.25) is 0 Å². The maximum Gasteiger partial charge on any atom is 0.416 e. The standard InChI is InChI=1S/C11H13F3/c1-10(2,3)8-5-4-6-9(7-8)11(12,13)14/h4-7H,1-3H3. The predicted octanol–water partition coefficient (Wildman–Crippen LogP) is 4.00. The van der Waals surface area contributed by atoms with Gasteiger partial charge in [0, 0.05) is 0 Å². The van der Waals surface area contributed by atoms with Gasteiger partial charge in [0.05, 0.1) is 5.56 Å². The molecule has 0 fully saturated rings. The van der Waals surface area contributed by atoms with Crippen LogP contribution in [-0.2, 0) is 11.6 Å². The number of halogens is 3. The Morgan fingerprint density at radius 2 is 1.43 bits per heavy atom. The summed E-state index contributed by atoms with van der Waals surface area (Å²) in [4.78, 5) is 0. The van der Waals surface area contributed by atoms with Crippen LogP contribution >= 0.6 is 0 Å². The summed E-state index contributed by atoms with van der Waals surface area (Å²) in [7, 11) is 0. The van der Waals surface area contributed by atoms with E-state index in [1.54, 1.807) is 6.07 Å². The molecular weight excluding hydrogens is 189 g/mol. The van der Waals surface area contributed by atoms with Crippen LogP contribution in [0.2, 0.25) is 0 Å². The highest BCUT2D eigenvalue weighted by molar-refractivity contribution is 5.30. The van der Waals surface area contributed by atoms with Crippen molar-refractivity contribution in [3.8, 4) is 0 Å². The van der Waals surface area contributed by atoms with Gasteiger partial charge in [0.15, 0.2) is 0 Å². The van der Waals surface area contributed by atoms with E-state index < -0.39 is 11.7 Å². The molecule has 0 spiro atoms. The van der Waals surface area contributed by atoms with Crippen molar-refractivity contribution < 1.29 is 13.2 Å². The van der Waals surface area contributed by atoms with E-state index in [2.05, 4.69) is 0 Å². The van der Waals surface area contributed by atoms with Crippen LogP contribution in [0.5, 0.6) is 0 Å². The zero-order valence-electron chi connectivity index (χ0n) is 8.44. The second-order valence-electron chi connectivity index (χ2n) is 4.33. The Morgan fingerprint density at radius 1 is 0.929 bits per heavy atom. The van der Waals surface area contributed by atoms with Gasteiger partial charge in [-0.25, -0.2) is 0 Å². The summed E-state index contributed by atoms with van der Waals surface area (Å²) in [5.41, 5.74) is -0.126. The van der Waals surface area contributed by atoms with Gasteiger partial charge in [0.1, 0.15) is 0 Å². The number of hydrogen-bond donors (Lipinski definition) is 0. The number of alkyl halides is 3. The maximum atomic E-state index is 12.4. The largest absolute Gasteiger partial charge is 0.416 e. The van der Waals surface area contributed by atoms with Gasteiger partial charge in [0.25, 0.3) is 0 Å². The van der Waals surface area contributed by atoms with Gasteiger partial charge in [-0.2, -0.15) is 13.2 Å². The lowest BCUT2D eigenvalue weighted by Gasteiger charge is -2.20. The van der Waals surface area contributed by atoms with E-state index in [9.17, 15) is 13.2 Å². The summed E-state index contributed by atoms with van der Waals surface area (Å²) in [6.45, 7) is 5.67. The van der Waals surface area contributed by atoms with Gasteiger partial charge in [-0.15, -0.1) is 0 Å². The van der Waals surface area contributed by atoms with E-state index in [0.29, 0.717) is 5.56 Å². The third-order valence-corrected chi connectivity index (χ3v) is 2.06. The molecule has 1 aromatic carbocycles. The average Bonchev–Trinajstić information content (AvgIpc) is 2.01. The molecule has 1 aromatic rings. The minimum Gasteiger partial charge on any atom is -0.166 e. The summed E-state index contributed by atoms with van der Waals surface area (Å²) < 4.78 is 37.1. The lowest BCUT2D eigenvalue weighted by Crippen LogP contribution is -2.13. The topological polar surface area (TPSA) is 0 Å². The first-order chi connectivity index (χ1) is 6.21. The number of benzene rings is 1. The minimum atomic E-state index is -4.25. The number of hydrogen-bond acceptors (Lipinski definition) is 0. The van der Waals surface area contributed by atoms with E-state index in [1.807, 2.05) is 20.8 Å². The Labute approximate surface area is 81.8 Å². The Morgan fingerprint density at radius 3 is 1.86 bits per heavy atom. The van der Waals surface area contributed by atoms with Crippen molar-refractivity contribution in [1.29, 1.82) is 0 Å².